The molecule has 0 saturated heterocycles. The van der Waals surface area contributed by atoms with Crippen LogP contribution in [0.4, 0.5) is 8.78 Å². The van der Waals surface area contributed by atoms with Crippen LogP contribution in [-0.2, 0) is 12.5 Å². The summed E-state index contributed by atoms with van der Waals surface area (Å²) < 4.78 is 26.7. The van der Waals surface area contributed by atoms with Crippen LogP contribution >= 0.6 is 11.6 Å². The van der Waals surface area contributed by atoms with Crippen molar-refractivity contribution >= 4 is 11.6 Å². The highest BCUT2D eigenvalue weighted by molar-refractivity contribution is 6.28. The van der Waals surface area contributed by atoms with Crippen LogP contribution in [0.3, 0.4) is 0 Å². The quantitative estimate of drug-likeness (QED) is 0.674. The molecule has 0 spiro atoms. The first-order valence-corrected chi connectivity index (χ1v) is 4.50. The fraction of sp³-hybridized carbons (Fsp3) is 0.500. The van der Waals surface area contributed by atoms with Crippen molar-refractivity contribution in [1.82, 2.24) is 15.3 Å². The van der Waals surface area contributed by atoms with Gasteiger partial charge in [0.15, 0.2) is 0 Å². The molecule has 6 heteroatoms. The SMILES string of the molecule is Cc1nc(Cl)nc2c1CNCC2(F)F. The minimum Gasteiger partial charge on any atom is -0.307 e. The van der Waals surface area contributed by atoms with E-state index in [4.69, 9.17) is 11.6 Å². The summed E-state index contributed by atoms with van der Waals surface area (Å²) >= 11 is 5.53. The van der Waals surface area contributed by atoms with E-state index in [-0.39, 0.29) is 11.0 Å². The molecule has 0 aromatic carbocycles. The maximum absolute atomic E-state index is 13.3. The summed E-state index contributed by atoms with van der Waals surface area (Å²) in [5, 5.41) is 2.50. The number of hydrogen-bond acceptors (Lipinski definition) is 3. The Kier molecular flexibility index (Phi) is 2.16. The van der Waals surface area contributed by atoms with Crippen molar-refractivity contribution in [2.24, 2.45) is 0 Å². The molecule has 0 fully saturated rings. The van der Waals surface area contributed by atoms with E-state index in [2.05, 4.69) is 15.3 Å². The molecule has 2 heterocycles. The second-order valence-corrected chi connectivity index (χ2v) is 3.55. The third-order valence-electron chi connectivity index (χ3n) is 2.18. The number of nitrogens with zero attached hydrogens (tertiary/aromatic N) is 2. The zero-order chi connectivity index (χ0) is 10.3. The molecule has 0 bridgehead atoms. The van der Waals surface area contributed by atoms with Crippen molar-refractivity contribution in [3.63, 3.8) is 0 Å². The Hall–Kier alpha value is -0.810. The number of fused-ring (bicyclic) bond motifs is 1. The van der Waals surface area contributed by atoms with Crippen LogP contribution in [0.2, 0.25) is 5.28 Å². The Balaban J connectivity index is 2.63. The van der Waals surface area contributed by atoms with Gasteiger partial charge in [0.1, 0.15) is 5.69 Å². The van der Waals surface area contributed by atoms with Gasteiger partial charge >= 0.3 is 5.92 Å². The number of aryl methyl sites for hydroxylation is 1. The van der Waals surface area contributed by atoms with Crippen LogP contribution in [0, 0.1) is 6.92 Å². The average Bonchev–Trinajstić information content (AvgIpc) is 2.06. The Morgan fingerprint density at radius 3 is 2.86 bits per heavy atom. The molecule has 0 atom stereocenters. The van der Waals surface area contributed by atoms with E-state index in [1.54, 1.807) is 6.92 Å². The van der Waals surface area contributed by atoms with Gasteiger partial charge in [0.2, 0.25) is 5.28 Å². The standard InChI is InChI=1S/C8H8ClF2N3/c1-4-5-2-12-3-8(10,11)6(5)14-7(9)13-4/h12H,2-3H2,1H3. The van der Waals surface area contributed by atoms with Crippen LogP contribution in [0.5, 0.6) is 0 Å². The summed E-state index contributed by atoms with van der Waals surface area (Å²) in [5.74, 6) is -2.95. The molecule has 1 aliphatic heterocycles. The Morgan fingerprint density at radius 2 is 2.14 bits per heavy atom. The van der Waals surface area contributed by atoms with Crippen molar-refractivity contribution < 1.29 is 8.78 Å². The van der Waals surface area contributed by atoms with Gasteiger partial charge in [-0.3, -0.25) is 0 Å². The average molecular weight is 220 g/mol. The number of aromatic nitrogens is 2. The van der Waals surface area contributed by atoms with E-state index in [0.29, 0.717) is 17.8 Å². The molecular weight excluding hydrogens is 212 g/mol. The van der Waals surface area contributed by atoms with Gasteiger partial charge in [-0.1, -0.05) is 0 Å². The summed E-state index contributed by atoms with van der Waals surface area (Å²) in [6.45, 7) is 1.62. The number of nitrogens with one attached hydrogen (secondary N) is 1. The molecule has 1 N–H and O–H groups in total. The highest BCUT2D eigenvalue weighted by Gasteiger charge is 2.39. The number of alkyl halides is 2. The number of halogens is 3. The molecule has 1 aromatic heterocycles. The van der Waals surface area contributed by atoms with E-state index < -0.39 is 12.5 Å². The smallest absolute Gasteiger partial charge is 0.302 e. The zero-order valence-electron chi connectivity index (χ0n) is 7.44. The number of rotatable bonds is 0. The highest BCUT2D eigenvalue weighted by Crippen LogP contribution is 2.32. The van der Waals surface area contributed by atoms with Crippen LogP contribution in [0.1, 0.15) is 17.0 Å². The molecule has 2 rings (SSSR count). The Bertz CT molecular complexity index is 381. The van der Waals surface area contributed by atoms with E-state index in [1.165, 1.54) is 0 Å². The molecule has 0 saturated carbocycles. The summed E-state index contributed by atoms with van der Waals surface area (Å²) in [5.41, 5.74) is 0.714. The normalized spacial score (nSPS) is 19.1. The van der Waals surface area contributed by atoms with Gasteiger partial charge in [-0.15, -0.1) is 0 Å². The van der Waals surface area contributed by atoms with Crippen LogP contribution in [0.15, 0.2) is 0 Å². The van der Waals surface area contributed by atoms with Crippen LogP contribution in [-0.4, -0.2) is 16.5 Å². The molecular formula is C8H8ClF2N3. The van der Waals surface area contributed by atoms with E-state index in [0.717, 1.165) is 0 Å². The van der Waals surface area contributed by atoms with Gasteiger partial charge in [-0.25, -0.2) is 9.97 Å². The summed E-state index contributed by atoms with van der Waals surface area (Å²) in [4.78, 5) is 7.43. The first-order valence-electron chi connectivity index (χ1n) is 4.13. The van der Waals surface area contributed by atoms with Gasteiger partial charge < -0.3 is 5.32 Å². The third kappa shape index (κ3) is 1.46. The van der Waals surface area contributed by atoms with Gasteiger partial charge in [0, 0.05) is 17.8 Å². The van der Waals surface area contributed by atoms with Gasteiger partial charge in [0.05, 0.1) is 6.54 Å². The van der Waals surface area contributed by atoms with Crippen molar-refractivity contribution in [2.75, 3.05) is 6.54 Å². The fourth-order valence-corrected chi connectivity index (χ4v) is 1.72. The van der Waals surface area contributed by atoms with E-state index >= 15 is 0 Å². The van der Waals surface area contributed by atoms with Crippen molar-refractivity contribution in [1.29, 1.82) is 0 Å². The van der Waals surface area contributed by atoms with E-state index in [9.17, 15) is 8.78 Å². The molecule has 1 aromatic rings. The molecule has 0 radical (unpaired) electrons. The Morgan fingerprint density at radius 1 is 1.43 bits per heavy atom. The fourth-order valence-electron chi connectivity index (χ4n) is 1.50. The van der Waals surface area contributed by atoms with Crippen molar-refractivity contribution in [3.8, 4) is 0 Å². The maximum Gasteiger partial charge on any atom is 0.302 e. The Labute approximate surface area is 84.5 Å². The molecule has 3 nitrogen and oxygen atoms in total. The summed E-state index contributed by atoms with van der Waals surface area (Å²) in [6.07, 6.45) is 0. The predicted octanol–water partition coefficient (Wildman–Crippen LogP) is 1.63. The third-order valence-corrected chi connectivity index (χ3v) is 2.35. The minimum atomic E-state index is -2.95. The lowest BCUT2D eigenvalue weighted by molar-refractivity contribution is -0.0158. The summed E-state index contributed by atoms with van der Waals surface area (Å²) in [7, 11) is 0. The van der Waals surface area contributed by atoms with Gasteiger partial charge in [-0.2, -0.15) is 8.78 Å². The maximum atomic E-state index is 13.3. The molecule has 0 aliphatic carbocycles. The zero-order valence-corrected chi connectivity index (χ0v) is 8.20. The predicted molar refractivity (Wildman–Crippen MR) is 47.4 cm³/mol. The largest absolute Gasteiger partial charge is 0.307 e. The number of hydrogen-bond donors (Lipinski definition) is 1. The molecule has 0 unspecified atom stereocenters. The molecule has 0 amide bonds. The molecule has 14 heavy (non-hydrogen) atoms. The lowest BCUT2D eigenvalue weighted by Crippen LogP contribution is -2.38. The van der Waals surface area contributed by atoms with Crippen LogP contribution < -0.4 is 5.32 Å². The van der Waals surface area contributed by atoms with Gasteiger partial charge in [-0.05, 0) is 18.5 Å². The highest BCUT2D eigenvalue weighted by atomic mass is 35.5. The first kappa shape index (κ1) is 9.73. The second-order valence-electron chi connectivity index (χ2n) is 3.21. The first-order chi connectivity index (χ1) is 6.50. The van der Waals surface area contributed by atoms with Gasteiger partial charge in [0.25, 0.3) is 0 Å². The van der Waals surface area contributed by atoms with Crippen LogP contribution in [0.25, 0.3) is 0 Å². The molecule has 76 valence electrons. The van der Waals surface area contributed by atoms with E-state index in [1.807, 2.05) is 0 Å². The lowest BCUT2D eigenvalue weighted by atomic mass is 10.0. The monoisotopic (exact) mass is 219 g/mol. The minimum absolute atomic E-state index is 0.122. The van der Waals surface area contributed by atoms with Crippen molar-refractivity contribution in [3.05, 3.63) is 22.2 Å². The second kappa shape index (κ2) is 3.10. The summed E-state index contributed by atoms with van der Waals surface area (Å²) in [6, 6.07) is 0. The topological polar surface area (TPSA) is 37.8 Å². The lowest BCUT2D eigenvalue weighted by Gasteiger charge is -2.25. The van der Waals surface area contributed by atoms with Crippen molar-refractivity contribution in [2.45, 2.75) is 19.4 Å². The molecule has 1 aliphatic rings.